The first-order chi connectivity index (χ1) is 8.06. The Morgan fingerprint density at radius 3 is 2.72 bits per heavy atom. The van der Waals surface area contributed by atoms with Crippen molar-refractivity contribution in [2.45, 2.75) is 0 Å². The molecule has 2 N–H and O–H groups in total. The molecule has 0 saturated carbocycles. The third-order valence-corrected chi connectivity index (χ3v) is 1.90. The van der Waals surface area contributed by atoms with E-state index in [1.807, 2.05) is 5.32 Å². The van der Waals surface area contributed by atoms with Crippen molar-refractivity contribution in [1.29, 1.82) is 0 Å². The third-order valence-electron chi connectivity index (χ3n) is 1.90. The molecular weight excluding hydrogens is 255 g/mol. The Kier molecular flexibility index (Phi) is 4.59. The molecule has 0 aromatic carbocycles. The third kappa shape index (κ3) is 3.15. The maximum absolute atomic E-state index is 11.1. The molecule has 2 rings (SSSR count). The Labute approximate surface area is 122 Å². The van der Waals surface area contributed by atoms with Gasteiger partial charge in [-0.2, -0.15) is 5.10 Å². The molecule has 0 unspecified atom stereocenters. The van der Waals surface area contributed by atoms with Crippen LogP contribution in [0.1, 0.15) is 5.76 Å². The van der Waals surface area contributed by atoms with Gasteiger partial charge in [0.1, 0.15) is 6.54 Å². The van der Waals surface area contributed by atoms with E-state index in [0.29, 0.717) is 0 Å². The van der Waals surface area contributed by atoms with Crippen LogP contribution in [0.5, 0.6) is 0 Å². The van der Waals surface area contributed by atoms with Crippen molar-refractivity contribution < 1.29 is 24.1 Å². The molecule has 1 aliphatic rings. The quantitative estimate of drug-likeness (QED) is 0.324. The second kappa shape index (κ2) is 5.76. The van der Waals surface area contributed by atoms with Gasteiger partial charge >= 0.3 is 41.5 Å². The van der Waals surface area contributed by atoms with Gasteiger partial charge in [0, 0.05) is 0 Å². The molecule has 1 aromatic rings. The first kappa shape index (κ1) is 14.4. The Balaban J connectivity index is 0.00000162. The molecule has 1 aliphatic heterocycles. The molecule has 0 radical (unpaired) electrons. The van der Waals surface area contributed by atoms with Crippen molar-refractivity contribution in [3.8, 4) is 0 Å². The fourth-order valence-corrected chi connectivity index (χ4v) is 1.17. The summed E-state index contributed by atoms with van der Waals surface area (Å²) >= 11 is 0. The van der Waals surface area contributed by atoms with Crippen molar-refractivity contribution in [1.82, 2.24) is 10.3 Å². The minimum absolute atomic E-state index is 0. The number of nitrogens with one attached hydrogen (secondary N) is 1. The zero-order chi connectivity index (χ0) is 12.4. The molecule has 18 heavy (non-hydrogen) atoms. The van der Waals surface area contributed by atoms with Crippen LogP contribution in [-0.2, 0) is 4.79 Å². The molecule has 0 bridgehead atoms. The minimum atomic E-state index is -0.634. The van der Waals surface area contributed by atoms with E-state index in [9.17, 15) is 14.5 Å². The van der Waals surface area contributed by atoms with Crippen molar-refractivity contribution in [2.24, 2.45) is 5.10 Å². The summed E-state index contributed by atoms with van der Waals surface area (Å²) in [5.41, 5.74) is 0. The number of carbonyl (C=O) groups excluding carboxylic acids is 2. The molecule has 0 aliphatic carbocycles. The van der Waals surface area contributed by atoms with E-state index >= 15 is 0 Å². The van der Waals surface area contributed by atoms with Gasteiger partial charge in [0.15, 0.2) is 5.76 Å². The van der Waals surface area contributed by atoms with E-state index in [0.717, 1.165) is 11.2 Å². The zero-order valence-corrected chi connectivity index (χ0v) is 8.36. The van der Waals surface area contributed by atoms with Gasteiger partial charge in [-0.25, -0.2) is 15.0 Å². The summed E-state index contributed by atoms with van der Waals surface area (Å²) in [4.78, 5) is 31.9. The van der Waals surface area contributed by atoms with E-state index in [2.05, 4.69) is 5.10 Å². The van der Waals surface area contributed by atoms with Crippen molar-refractivity contribution in [3.05, 3.63) is 22.8 Å². The molecule has 0 atom stereocenters. The predicted molar refractivity (Wildman–Crippen MR) is 58.8 cm³/mol. The summed E-state index contributed by atoms with van der Waals surface area (Å²) in [6.07, 6.45) is 1.14. The molecule has 3 amide bonds. The van der Waals surface area contributed by atoms with Crippen molar-refractivity contribution in [2.75, 3.05) is 6.54 Å². The Hall–Kier alpha value is -1.71. The van der Waals surface area contributed by atoms with Crippen molar-refractivity contribution >= 4 is 53.6 Å². The number of nitrogens with zero attached hydrogens (tertiary/aromatic N) is 3. The van der Waals surface area contributed by atoms with Crippen LogP contribution in [0.3, 0.4) is 0 Å². The summed E-state index contributed by atoms with van der Waals surface area (Å²) in [5, 5.41) is 15.1. The zero-order valence-electron chi connectivity index (χ0n) is 8.36. The van der Waals surface area contributed by atoms with Gasteiger partial charge in [0.05, 0.1) is 17.2 Å². The molecular formula is C8H8N4NaO5+. The number of urea groups is 1. The van der Waals surface area contributed by atoms with Crippen LogP contribution < -0.4 is 5.32 Å². The van der Waals surface area contributed by atoms with Gasteiger partial charge < -0.3 is 4.42 Å². The van der Waals surface area contributed by atoms with E-state index in [-0.39, 0.29) is 47.7 Å². The fourth-order valence-electron chi connectivity index (χ4n) is 1.17. The first-order valence-corrected chi connectivity index (χ1v) is 4.47. The molecule has 9 nitrogen and oxygen atoms in total. The van der Waals surface area contributed by atoms with E-state index in [4.69, 9.17) is 9.62 Å². The summed E-state index contributed by atoms with van der Waals surface area (Å²) in [6, 6.07) is 1.96. The standard InChI is InChI=1S/C8H6N4O5.Na.H/c13-6-4-11(8(14)10-6)9-3-5-1-2-7(17-5)12(15)16;;/h1-3H,4H2,(H-,10,13,14,15,16);;/p+1. The van der Waals surface area contributed by atoms with Crippen LogP contribution in [0.25, 0.3) is 0 Å². The summed E-state index contributed by atoms with van der Waals surface area (Å²) in [5.74, 6) is -0.608. The van der Waals surface area contributed by atoms with Crippen LogP contribution >= 0.6 is 0 Å². The summed E-state index contributed by atoms with van der Waals surface area (Å²) < 4.78 is 4.84. The monoisotopic (exact) mass is 263 g/mol. The normalized spacial score (nSPS) is 14.8. The van der Waals surface area contributed by atoms with E-state index < -0.39 is 16.9 Å². The van der Waals surface area contributed by atoms with Crippen LogP contribution in [0.4, 0.5) is 10.7 Å². The van der Waals surface area contributed by atoms with E-state index in [1.165, 1.54) is 12.1 Å². The fraction of sp³-hybridized carbons (Fsp3) is 0.125. The SMILES string of the molecule is O=C1CN(N=Cc2ccc([N+](=O)O)o2)C(=O)N1.[NaH]. The summed E-state index contributed by atoms with van der Waals surface area (Å²) in [6.45, 7) is -0.170. The van der Waals surface area contributed by atoms with Gasteiger partial charge in [0.25, 0.3) is 4.92 Å². The molecule has 1 fully saturated rings. The second-order valence-corrected chi connectivity index (χ2v) is 3.10. The topological polar surface area (TPSA) is 115 Å². The van der Waals surface area contributed by atoms with Gasteiger partial charge in [-0.05, 0) is 6.07 Å². The average Bonchev–Trinajstić information content (AvgIpc) is 2.82. The van der Waals surface area contributed by atoms with Gasteiger partial charge in [-0.3, -0.25) is 10.1 Å². The Morgan fingerprint density at radius 1 is 1.50 bits per heavy atom. The molecule has 1 saturated heterocycles. The summed E-state index contributed by atoms with van der Waals surface area (Å²) in [7, 11) is 0. The Bertz CT molecular complexity index is 525. The number of carbonyl (C=O) groups is 2. The molecule has 2 heterocycles. The predicted octanol–water partition coefficient (Wildman–Crippen LogP) is -0.684. The van der Waals surface area contributed by atoms with Crippen molar-refractivity contribution in [3.63, 3.8) is 0 Å². The van der Waals surface area contributed by atoms with Gasteiger partial charge in [-0.1, -0.05) is 0 Å². The number of hydrazone groups is 1. The second-order valence-electron chi connectivity index (χ2n) is 3.10. The maximum atomic E-state index is 11.1. The molecule has 90 valence electrons. The van der Waals surface area contributed by atoms with Crippen LogP contribution in [-0.4, -0.2) is 69.4 Å². The number of hydrogen-bond acceptors (Lipinski definition) is 5. The number of rotatable bonds is 3. The average molecular weight is 263 g/mol. The molecule has 0 spiro atoms. The molecule has 1 aromatic heterocycles. The number of amides is 3. The molecule has 10 heteroatoms. The van der Waals surface area contributed by atoms with E-state index in [1.54, 1.807) is 0 Å². The number of imide groups is 1. The van der Waals surface area contributed by atoms with Crippen LogP contribution in [0.15, 0.2) is 21.7 Å². The van der Waals surface area contributed by atoms with Crippen LogP contribution in [0.2, 0.25) is 0 Å². The number of furan rings is 1. The van der Waals surface area contributed by atoms with Crippen LogP contribution in [0, 0.1) is 4.91 Å². The Morgan fingerprint density at radius 2 is 2.22 bits per heavy atom. The number of hydrogen-bond donors (Lipinski definition) is 2. The van der Waals surface area contributed by atoms with Gasteiger partial charge in [0.2, 0.25) is 5.91 Å². The first-order valence-electron chi connectivity index (χ1n) is 4.47. The van der Waals surface area contributed by atoms with Gasteiger partial charge in [-0.15, -0.1) is 0 Å².